The molecule has 0 saturated carbocycles. The molecule has 0 aliphatic rings. The number of halogens is 1. The first kappa shape index (κ1) is 16.5. The van der Waals surface area contributed by atoms with Crippen LogP contribution < -0.4 is 11.1 Å². The maximum Gasteiger partial charge on any atom is 0.126 e. The number of para-hydroxylation sites is 1. The number of nitrogens with one attached hydrogen (secondary N) is 1. The van der Waals surface area contributed by atoms with Crippen molar-refractivity contribution in [1.82, 2.24) is 5.32 Å². The highest BCUT2D eigenvalue weighted by Crippen LogP contribution is 2.13. The van der Waals surface area contributed by atoms with Crippen LogP contribution in [-0.4, -0.2) is 12.6 Å². The summed E-state index contributed by atoms with van der Waals surface area (Å²) in [6.07, 6.45) is 2.96. The highest BCUT2D eigenvalue weighted by molar-refractivity contribution is 5.46. The van der Waals surface area contributed by atoms with Crippen molar-refractivity contribution in [3.8, 4) is 0 Å². The molecular formula is C19H25FN2. The zero-order chi connectivity index (χ0) is 15.9. The minimum absolute atomic E-state index is 0.134. The SMILES string of the molecule is Cc1cc(CC(C)NCCCc2ccccc2N)ccc1F. The number of benzene rings is 2. The Morgan fingerprint density at radius 2 is 1.95 bits per heavy atom. The Balaban J connectivity index is 1.72. The molecule has 2 aromatic carbocycles. The zero-order valence-corrected chi connectivity index (χ0v) is 13.4. The fourth-order valence-corrected chi connectivity index (χ4v) is 2.65. The van der Waals surface area contributed by atoms with E-state index in [-0.39, 0.29) is 5.82 Å². The lowest BCUT2D eigenvalue weighted by atomic mass is 10.0. The predicted octanol–water partition coefficient (Wildman–Crippen LogP) is 3.87. The van der Waals surface area contributed by atoms with E-state index < -0.39 is 0 Å². The maximum absolute atomic E-state index is 13.3. The fraction of sp³-hybridized carbons (Fsp3) is 0.368. The molecule has 3 heteroatoms. The van der Waals surface area contributed by atoms with E-state index in [4.69, 9.17) is 5.73 Å². The normalized spacial score (nSPS) is 12.3. The summed E-state index contributed by atoms with van der Waals surface area (Å²) in [5, 5.41) is 3.52. The summed E-state index contributed by atoms with van der Waals surface area (Å²) < 4.78 is 13.3. The highest BCUT2D eigenvalue weighted by atomic mass is 19.1. The molecule has 0 amide bonds. The lowest BCUT2D eigenvalue weighted by molar-refractivity contribution is 0.533. The Hall–Kier alpha value is -1.87. The van der Waals surface area contributed by atoms with Gasteiger partial charge < -0.3 is 11.1 Å². The molecule has 0 radical (unpaired) electrons. The Morgan fingerprint density at radius 3 is 2.68 bits per heavy atom. The van der Waals surface area contributed by atoms with Gasteiger partial charge in [-0.2, -0.15) is 0 Å². The van der Waals surface area contributed by atoms with Gasteiger partial charge in [0.05, 0.1) is 0 Å². The van der Waals surface area contributed by atoms with Crippen LogP contribution in [0.5, 0.6) is 0 Å². The molecule has 118 valence electrons. The summed E-state index contributed by atoms with van der Waals surface area (Å²) in [5.74, 6) is -0.134. The molecule has 0 saturated heterocycles. The third-order valence-electron chi connectivity index (χ3n) is 3.94. The molecule has 2 aromatic rings. The van der Waals surface area contributed by atoms with Crippen molar-refractivity contribution in [2.24, 2.45) is 0 Å². The molecule has 3 N–H and O–H groups in total. The van der Waals surface area contributed by atoms with Gasteiger partial charge in [0.1, 0.15) is 5.82 Å². The van der Waals surface area contributed by atoms with Crippen LogP contribution in [0.25, 0.3) is 0 Å². The van der Waals surface area contributed by atoms with Gasteiger partial charge in [0.15, 0.2) is 0 Å². The van der Waals surface area contributed by atoms with E-state index in [9.17, 15) is 4.39 Å². The zero-order valence-electron chi connectivity index (χ0n) is 13.4. The van der Waals surface area contributed by atoms with E-state index in [2.05, 4.69) is 18.3 Å². The quantitative estimate of drug-likeness (QED) is 0.602. The summed E-state index contributed by atoms with van der Waals surface area (Å²) >= 11 is 0. The molecule has 1 unspecified atom stereocenters. The predicted molar refractivity (Wildman–Crippen MR) is 91.5 cm³/mol. The van der Waals surface area contributed by atoms with Crippen molar-refractivity contribution >= 4 is 5.69 Å². The lowest BCUT2D eigenvalue weighted by Gasteiger charge is -2.14. The topological polar surface area (TPSA) is 38.0 Å². The summed E-state index contributed by atoms with van der Waals surface area (Å²) in [6.45, 7) is 4.92. The van der Waals surface area contributed by atoms with Crippen LogP contribution in [0.1, 0.15) is 30.0 Å². The second kappa shape index (κ2) is 7.95. The van der Waals surface area contributed by atoms with Crippen molar-refractivity contribution in [2.45, 2.75) is 39.2 Å². The van der Waals surface area contributed by atoms with Crippen molar-refractivity contribution < 1.29 is 4.39 Å². The molecule has 22 heavy (non-hydrogen) atoms. The number of anilines is 1. The average molecular weight is 300 g/mol. The third kappa shape index (κ3) is 4.85. The Kier molecular flexibility index (Phi) is 5.96. The van der Waals surface area contributed by atoms with Crippen LogP contribution >= 0.6 is 0 Å². The smallest absolute Gasteiger partial charge is 0.126 e. The van der Waals surface area contributed by atoms with Gasteiger partial charge in [0.25, 0.3) is 0 Å². The van der Waals surface area contributed by atoms with Gasteiger partial charge in [0.2, 0.25) is 0 Å². The summed E-state index contributed by atoms with van der Waals surface area (Å²) in [6, 6.07) is 13.7. The Morgan fingerprint density at radius 1 is 1.18 bits per heavy atom. The van der Waals surface area contributed by atoms with Crippen LogP contribution in [0.15, 0.2) is 42.5 Å². The van der Waals surface area contributed by atoms with Crippen molar-refractivity contribution in [3.05, 3.63) is 65.0 Å². The second-order valence-corrected chi connectivity index (χ2v) is 5.95. The standard InChI is InChI=1S/C19H25FN2/c1-14-12-16(9-10-18(14)20)13-15(2)22-11-5-7-17-6-3-4-8-19(17)21/h3-4,6,8-10,12,15,22H,5,7,11,13,21H2,1-2H3. The Bertz CT molecular complexity index is 610. The van der Waals surface area contributed by atoms with Crippen LogP contribution in [0.2, 0.25) is 0 Å². The monoisotopic (exact) mass is 300 g/mol. The number of aryl methyl sites for hydroxylation is 2. The van der Waals surface area contributed by atoms with Crippen LogP contribution in [0.3, 0.4) is 0 Å². The number of nitrogens with two attached hydrogens (primary N) is 1. The van der Waals surface area contributed by atoms with Gasteiger partial charge >= 0.3 is 0 Å². The average Bonchev–Trinajstić information content (AvgIpc) is 2.49. The minimum atomic E-state index is -0.134. The molecule has 0 fully saturated rings. The molecule has 0 aromatic heterocycles. The largest absolute Gasteiger partial charge is 0.399 e. The molecule has 1 atom stereocenters. The fourth-order valence-electron chi connectivity index (χ4n) is 2.65. The summed E-state index contributed by atoms with van der Waals surface area (Å²) in [5.41, 5.74) is 9.91. The van der Waals surface area contributed by atoms with Gasteiger partial charge in [-0.05, 0) is 68.5 Å². The molecule has 0 aliphatic carbocycles. The van der Waals surface area contributed by atoms with Gasteiger partial charge in [-0.3, -0.25) is 0 Å². The Labute approximate surface area is 132 Å². The van der Waals surface area contributed by atoms with E-state index in [1.165, 1.54) is 11.1 Å². The first-order chi connectivity index (χ1) is 10.6. The van der Waals surface area contributed by atoms with E-state index in [0.717, 1.165) is 31.5 Å². The van der Waals surface area contributed by atoms with Crippen LogP contribution in [0, 0.1) is 12.7 Å². The number of hydrogen-bond donors (Lipinski definition) is 2. The van der Waals surface area contributed by atoms with Crippen molar-refractivity contribution in [2.75, 3.05) is 12.3 Å². The van der Waals surface area contributed by atoms with Gasteiger partial charge in [0, 0.05) is 11.7 Å². The summed E-state index contributed by atoms with van der Waals surface area (Å²) in [4.78, 5) is 0. The molecule has 0 bridgehead atoms. The number of hydrogen-bond acceptors (Lipinski definition) is 2. The van der Waals surface area contributed by atoms with E-state index >= 15 is 0 Å². The molecule has 2 rings (SSSR count). The molecular weight excluding hydrogens is 275 g/mol. The first-order valence-electron chi connectivity index (χ1n) is 7.88. The van der Waals surface area contributed by atoms with Gasteiger partial charge in [-0.15, -0.1) is 0 Å². The van der Waals surface area contributed by atoms with Crippen molar-refractivity contribution in [3.63, 3.8) is 0 Å². The van der Waals surface area contributed by atoms with Crippen LogP contribution in [-0.2, 0) is 12.8 Å². The van der Waals surface area contributed by atoms with Crippen molar-refractivity contribution in [1.29, 1.82) is 0 Å². The number of rotatable bonds is 7. The molecule has 0 heterocycles. The minimum Gasteiger partial charge on any atom is -0.399 e. The second-order valence-electron chi connectivity index (χ2n) is 5.95. The van der Waals surface area contributed by atoms with E-state index in [1.807, 2.05) is 30.3 Å². The third-order valence-corrected chi connectivity index (χ3v) is 3.94. The summed E-state index contributed by atoms with van der Waals surface area (Å²) in [7, 11) is 0. The van der Waals surface area contributed by atoms with E-state index in [0.29, 0.717) is 11.6 Å². The highest BCUT2D eigenvalue weighted by Gasteiger charge is 2.05. The van der Waals surface area contributed by atoms with E-state index in [1.54, 1.807) is 13.0 Å². The van der Waals surface area contributed by atoms with Gasteiger partial charge in [-0.1, -0.05) is 30.3 Å². The molecule has 0 aliphatic heterocycles. The maximum atomic E-state index is 13.3. The van der Waals surface area contributed by atoms with Gasteiger partial charge in [-0.25, -0.2) is 4.39 Å². The molecule has 0 spiro atoms. The lowest BCUT2D eigenvalue weighted by Crippen LogP contribution is -2.29. The van der Waals surface area contributed by atoms with Crippen LogP contribution in [0.4, 0.5) is 10.1 Å². The molecule has 2 nitrogen and oxygen atoms in total. The number of nitrogen functional groups attached to an aromatic ring is 1. The first-order valence-corrected chi connectivity index (χ1v) is 7.88.